The van der Waals surface area contributed by atoms with E-state index in [9.17, 15) is 0 Å². The van der Waals surface area contributed by atoms with Gasteiger partial charge in [-0.05, 0) is 37.0 Å². The molecule has 0 heterocycles. The standard InChI is InChI=1S/C18H21NO/c1-12-7-10-17(20-2)16(11-12)18(19)15-9-8-13-5-3-4-6-14(13)15/h3-7,10-11,15,18H,8-9,19H2,1-2H3. The second-order valence-electron chi connectivity index (χ2n) is 5.62. The van der Waals surface area contributed by atoms with E-state index >= 15 is 0 Å². The number of ether oxygens (including phenoxy) is 1. The summed E-state index contributed by atoms with van der Waals surface area (Å²) in [5.74, 6) is 1.29. The van der Waals surface area contributed by atoms with Crippen LogP contribution in [0.4, 0.5) is 0 Å². The zero-order chi connectivity index (χ0) is 14.1. The summed E-state index contributed by atoms with van der Waals surface area (Å²) in [6, 6.07) is 14.9. The molecule has 1 aliphatic carbocycles. The van der Waals surface area contributed by atoms with E-state index in [-0.39, 0.29) is 6.04 Å². The van der Waals surface area contributed by atoms with E-state index in [1.54, 1.807) is 7.11 Å². The maximum atomic E-state index is 6.58. The van der Waals surface area contributed by atoms with Crippen LogP contribution in [0.25, 0.3) is 0 Å². The van der Waals surface area contributed by atoms with Crippen LogP contribution >= 0.6 is 0 Å². The monoisotopic (exact) mass is 267 g/mol. The van der Waals surface area contributed by atoms with Gasteiger partial charge in [-0.3, -0.25) is 0 Å². The number of aryl methyl sites for hydroxylation is 2. The molecule has 20 heavy (non-hydrogen) atoms. The molecule has 2 unspecified atom stereocenters. The van der Waals surface area contributed by atoms with Crippen LogP contribution in [0.3, 0.4) is 0 Å². The van der Waals surface area contributed by atoms with Gasteiger partial charge in [-0.15, -0.1) is 0 Å². The highest BCUT2D eigenvalue weighted by atomic mass is 16.5. The topological polar surface area (TPSA) is 35.2 Å². The van der Waals surface area contributed by atoms with Crippen molar-refractivity contribution in [2.24, 2.45) is 5.73 Å². The Hall–Kier alpha value is -1.80. The summed E-state index contributed by atoms with van der Waals surface area (Å²) in [6.07, 6.45) is 2.25. The molecule has 2 nitrogen and oxygen atoms in total. The van der Waals surface area contributed by atoms with Gasteiger partial charge in [0, 0.05) is 17.5 Å². The Bertz CT molecular complexity index is 621. The molecule has 2 aromatic rings. The molecule has 0 aromatic heterocycles. The van der Waals surface area contributed by atoms with E-state index < -0.39 is 0 Å². The minimum Gasteiger partial charge on any atom is -0.496 e. The van der Waals surface area contributed by atoms with Crippen molar-refractivity contribution >= 4 is 0 Å². The predicted octanol–water partition coefficient (Wildman–Crippen LogP) is 3.73. The van der Waals surface area contributed by atoms with Crippen molar-refractivity contribution in [1.29, 1.82) is 0 Å². The van der Waals surface area contributed by atoms with Crippen molar-refractivity contribution in [2.45, 2.75) is 31.7 Å². The van der Waals surface area contributed by atoms with E-state index in [1.165, 1.54) is 16.7 Å². The lowest BCUT2D eigenvalue weighted by Crippen LogP contribution is -2.19. The van der Waals surface area contributed by atoms with Gasteiger partial charge in [-0.2, -0.15) is 0 Å². The van der Waals surface area contributed by atoms with Gasteiger partial charge in [0.1, 0.15) is 5.75 Å². The van der Waals surface area contributed by atoms with Crippen LogP contribution in [0.1, 0.15) is 40.6 Å². The number of rotatable bonds is 3. The Morgan fingerprint density at radius 2 is 2.00 bits per heavy atom. The molecule has 0 saturated heterocycles. The lowest BCUT2D eigenvalue weighted by Gasteiger charge is -2.23. The van der Waals surface area contributed by atoms with Crippen molar-refractivity contribution in [3.63, 3.8) is 0 Å². The van der Waals surface area contributed by atoms with Crippen molar-refractivity contribution in [1.82, 2.24) is 0 Å². The quantitative estimate of drug-likeness (QED) is 0.919. The molecule has 0 spiro atoms. The number of fused-ring (bicyclic) bond motifs is 1. The van der Waals surface area contributed by atoms with Crippen LogP contribution in [0, 0.1) is 6.92 Å². The first-order valence-electron chi connectivity index (χ1n) is 7.18. The normalized spacial score (nSPS) is 18.6. The summed E-state index contributed by atoms with van der Waals surface area (Å²) in [7, 11) is 1.71. The van der Waals surface area contributed by atoms with Gasteiger partial charge in [-0.25, -0.2) is 0 Å². The third kappa shape index (κ3) is 2.20. The minimum absolute atomic E-state index is 0.00602. The maximum absolute atomic E-state index is 6.58. The zero-order valence-corrected chi connectivity index (χ0v) is 12.1. The van der Waals surface area contributed by atoms with E-state index in [1.807, 2.05) is 6.07 Å². The lowest BCUT2D eigenvalue weighted by atomic mass is 9.88. The first-order valence-corrected chi connectivity index (χ1v) is 7.18. The average Bonchev–Trinajstić information content (AvgIpc) is 2.90. The summed E-state index contributed by atoms with van der Waals surface area (Å²) in [5, 5.41) is 0. The Labute approximate surface area is 120 Å². The average molecular weight is 267 g/mol. The zero-order valence-electron chi connectivity index (χ0n) is 12.1. The fraction of sp³-hybridized carbons (Fsp3) is 0.333. The van der Waals surface area contributed by atoms with Crippen molar-refractivity contribution in [3.8, 4) is 5.75 Å². The van der Waals surface area contributed by atoms with E-state index in [0.29, 0.717) is 5.92 Å². The Morgan fingerprint density at radius 1 is 1.20 bits per heavy atom. The maximum Gasteiger partial charge on any atom is 0.123 e. The number of hydrogen-bond donors (Lipinski definition) is 1. The largest absolute Gasteiger partial charge is 0.496 e. The molecular weight excluding hydrogens is 246 g/mol. The first kappa shape index (κ1) is 13.2. The summed E-state index contributed by atoms with van der Waals surface area (Å²) in [6.45, 7) is 2.10. The number of benzene rings is 2. The Balaban J connectivity index is 1.98. The molecule has 0 aliphatic heterocycles. The van der Waals surface area contributed by atoms with Gasteiger partial charge in [0.2, 0.25) is 0 Å². The van der Waals surface area contributed by atoms with Crippen LogP contribution in [-0.4, -0.2) is 7.11 Å². The summed E-state index contributed by atoms with van der Waals surface area (Å²) < 4.78 is 5.49. The molecule has 2 N–H and O–H groups in total. The summed E-state index contributed by atoms with van der Waals surface area (Å²) in [4.78, 5) is 0. The van der Waals surface area contributed by atoms with Crippen LogP contribution in [0.2, 0.25) is 0 Å². The smallest absolute Gasteiger partial charge is 0.123 e. The van der Waals surface area contributed by atoms with Crippen LogP contribution in [-0.2, 0) is 6.42 Å². The number of nitrogens with two attached hydrogens (primary N) is 1. The first-order chi connectivity index (χ1) is 9.70. The highest BCUT2D eigenvalue weighted by Crippen LogP contribution is 2.42. The molecule has 104 valence electrons. The predicted molar refractivity (Wildman–Crippen MR) is 82.2 cm³/mol. The number of hydrogen-bond acceptors (Lipinski definition) is 2. The number of methoxy groups -OCH3 is 1. The molecule has 3 rings (SSSR count). The van der Waals surface area contributed by atoms with Crippen molar-refractivity contribution < 1.29 is 4.74 Å². The fourth-order valence-electron chi connectivity index (χ4n) is 3.29. The minimum atomic E-state index is -0.00602. The van der Waals surface area contributed by atoms with Gasteiger partial charge < -0.3 is 10.5 Å². The molecule has 2 atom stereocenters. The lowest BCUT2D eigenvalue weighted by molar-refractivity contribution is 0.400. The van der Waals surface area contributed by atoms with Crippen LogP contribution in [0.15, 0.2) is 42.5 Å². The third-order valence-corrected chi connectivity index (χ3v) is 4.36. The van der Waals surface area contributed by atoms with E-state index in [2.05, 4.69) is 43.3 Å². The second-order valence-corrected chi connectivity index (χ2v) is 5.62. The Morgan fingerprint density at radius 3 is 2.80 bits per heavy atom. The van der Waals surface area contributed by atoms with Crippen molar-refractivity contribution in [3.05, 3.63) is 64.7 Å². The Kier molecular flexibility index (Phi) is 3.49. The summed E-state index contributed by atoms with van der Waals surface area (Å²) in [5.41, 5.74) is 11.8. The van der Waals surface area contributed by atoms with Crippen LogP contribution in [0.5, 0.6) is 5.75 Å². The highest BCUT2D eigenvalue weighted by molar-refractivity contribution is 5.44. The van der Waals surface area contributed by atoms with Gasteiger partial charge in [0.25, 0.3) is 0 Å². The van der Waals surface area contributed by atoms with Crippen LogP contribution < -0.4 is 10.5 Å². The highest BCUT2D eigenvalue weighted by Gasteiger charge is 2.29. The molecule has 2 heteroatoms. The molecule has 0 bridgehead atoms. The SMILES string of the molecule is COc1ccc(C)cc1C(N)C1CCc2ccccc21. The van der Waals surface area contributed by atoms with Gasteiger partial charge in [0.15, 0.2) is 0 Å². The molecule has 0 amide bonds. The van der Waals surface area contributed by atoms with E-state index in [4.69, 9.17) is 10.5 Å². The van der Waals surface area contributed by atoms with Gasteiger partial charge in [0.05, 0.1) is 7.11 Å². The fourth-order valence-corrected chi connectivity index (χ4v) is 3.29. The second kappa shape index (κ2) is 5.29. The van der Waals surface area contributed by atoms with Gasteiger partial charge in [-0.1, -0.05) is 42.0 Å². The third-order valence-electron chi connectivity index (χ3n) is 4.36. The van der Waals surface area contributed by atoms with E-state index in [0.717, 1.165) is 24.2 Å². The molecule has 1 aliphatic rings. The van der Waals surface area contributed by atoms with Gasteiger partial charge >= 0.3 is 0 Å². The molecule has 0 fully saturated rings. The van der Waals surface area contributed by atoms with Crippen molar-refractivity contribution in [2.75, 3.05) is 7.11 Å². The summed E-state index contributed by atoms with van der Waals surface area (Å²) >= 11 is 0. The molecule has 0 radical (unpaired) electrons. The molecule has 0 saturated carbocycles. The molecule has 2 aromatic carbocycles. The molecular formula is C18H21NO.